The van der Waals surface area contributed by atoms with Gasteiger partial charge >= 0.3 is 6.18 Å². The van der Waals surface area contributed by atoms with Crippen LogP contribution in [0.15, 0.2) is 24.3 Å². The number of anilines is 1. The van der Waals surface area contributed by atoms with Gasteiger partial charge in [0.25, 0.3) is 0 Å². The number of benzene rings is 1. The molecule has 4 rings (SSSR count). The van der Waals surface area contributed by atoms with E-state index in [0.717, 1.165) is 37.5 Å². The maximum Gasteiger partial charge on any atom is 0.416 e. The van der Waals surface area contributed by atoms with E-state index in [2.05, 4.69) is 10.2 Å². The van der Waals surface area contributed by atoms with Crippen LogP contribution in [0.4, 0.5) is 18.9 Å². The van der Waals surface area contributed by atoms with Crippen LogP contribution in [0.25, 0.3) is 0 Å². The highest BCUT2D eigenvalue weighted by Crippen LogP contribution is 2.32. The number of hydrogen-bond donors (Lipinski definition) is 1. The summed E-state index contributed by atoms with van der Waals surface area (Å²) in [5.74, 6) is 0.660. The summed E-state index contributed by atoms with van der Waals surface area (Å²) in [6.07, 6.45) is -1.87. The maximum atomic E-state index is 12.5. The van der Waals surface area contributed by atoms with Gasteiger partial charge in [-0.15, -0.1) is 0 Å². The lowest BCUT2D eigenvalue weighted by atomic mass is 9.84. The first-order valence-corrected chi connectivity index (χ1v) is 6.68. The molecular formula is C14H17F3N2. The second-order valence-electron chi connectivity index (χ2n) is 5.46. The number of rotatable bonds is 2. The van der Waals surface area contributed by atoms with Crippen LogP contribution in [0, 0.1) is 5.92 Å². The second kappa shape index (κ2) is 4.71. The zero-order valence-electron chi connectivity index (χ0n) is 10.6. The van der Waals surface area contributed by atoms with Crippen LogP contribution in [-0.4, -0.2) is 30.6 Å². The van der Waals surface area contributed by atoms with Crippen LogP contribution in [0.3, 0.4) is 0 Å². The third kappa shape index (κ3) is 2.71. The van der Waals surface area contributed by atoms with Crippen molar-refractivity contribution in [1.29, 1.82) is 0 Å². The van der Waals surface area contributed by atoms with Gasteiger partial charge in [-0.25, -0.2) is 0 Å². The number of fused-ring (bicyclic) bond motifs is 3. The molecule has 3 heterocycles. The Morgan fingerprint density at radius 3 is 2.16 bits per heavy atom. The van der Waals surface area contributed by atoms with Gasteiger partial charge in [-0.1, -0.05) is 0 Å². The van der Waals surface area contributed by atoms with Crippen molar-refractivity contribution in [3.8, 4) is 0 Å². The smallest absolute Gasteiger partial charge is 0.381 e. The molecule has 1 unspecified atom stereocenters. The fraction of sp³-hybridized carbons (Fsp3) is 0.571. The molecule has 2 nitrogen and oxygen atoms in total. The first kappa shape index (κ1) is 12.8. The number of alkyl halides is 3. The molecule has 1 atom stereocenters. The Bertz CT molecular complexity index is 433. The molecule has 2 bridgehead atoms. The molecule has 0 radical (unpaired) electrons. The molecule has 3 saturated heterocycles. The Kier molecular flexibility index (Phi) is 3.17. The number of piperidine rings is 3. The highest BCUT2D eigenvalue weighted by Gasteiger charge is 2.34. The Morgan fingerprint density at radius 1 is 1.05 bits per heavy atom. The summed E-state index contributed by atoms with van der Waals surface area (Å²) < 4.78 is 37.4. The molecule has 5 heteroatoms. The predicted octanol–water partition coefficient (Wildman–Crippen LogP) is 3.21. The summed E-state index contributed by atoms with van der Waals surface area (Å²) in [4.78, 5) is 2.42. The molecular weight excluding hydrogens is 253 g/mol. The summed E-state index contributed by atoms with van der Waals surface area (Å²) in [6, 6.07) is 5.72. The Hall–Kier alpha value is -1.23. The fourth-order valence-electron chi connectivity index (χ4n) is 3.10. The molecule has 1 aromatic carbocycles. The molecule has 1 aromatic rings. The highest BCUT2D eigenvalue weighted by atomic mass is 19.4. The van der Waals surface area contributed by atoms with Gasteiger partial charge in [0.05, 0.1) is 5.56 Å². The predicted molar refractivity (Wildman–Crippen MR) is 68.0 cm³/mol. The zero-order chi connectivity index (χ0) is 13.5. The average molecular weight is 270 g/mol. The van der Waals surface area contributed by atoms with Crippen molar-refractivity contribution in [3.05, 3.63) is 29.8 Å². The molecule has 3 fully saturated rings. The summed E-state index contributed by atoms with van der Waals surface area (Å²) in [6.45, 7) is 3.33. The van der Waals surface area contributed by atoms with Gasteiger partial charge in [-0.05, 0) is 56.1 Å². The number of hydrogen-bond acceptors (Lipinski definition) is 2. The second-order valence-corrected chi connectivity index (χ2v) is 5.46. The maximum absolute atomic E-state index is 12.5. The summed E-state index contributed by atoms with van der Waals surface area (Å²) in [7, 11) is 0. The van der Waals surface area contributed by atoms with Crippen molar-refractivity contribution in [2.45, 2.75) is 25.1 Å². The van der Waals surface area contributed by atoms with E-state index < -0.39 is 11.7 Å². The molecule has 0 aromatic heterocycles. The van der Waals surface area contributed by atoms with Gasteiger partial charge in [0.2, 0.25) is 0 Å². The van der Waals surface area contributed by atoms with Crippen LogP contribution >= 0.6 is 0 Å². The van der Waals surface area contributed by atoms with Gasteiger partial charge in [0, 0.05) is 18.3 Å². The number of nitrogens with zero attached hydrogens (tertiary/aromatic N) is 1. The van der Waals surface area contributed by atoms with Gasteiger partial charge in [0.15, 0.2) is 0 Å². The van der Waals surface area contributed by atoms with Crippen LogP contribution in [0.1, 0.15) is 18.4 Å². The van der Waals surface area contributed by atoms with Crippen LogP contribution in [0.5, 0.6) is 0 Å². The van der Waals surface area contributed by atoms with Gasteiger partial charge in [-0.3, -0.25) is 0 Å². The van der Waals surface area contributed by atoms with Crippen molar-refractivity contribution < 1.29 is 13.2 Å². The molecule has 0 saturated carbocycles. The molecule has 0 spiro atoms. The number of nitrogens with one attached hydrogen (secondary N) is 1. The van der Waals surface area contributed by atoms with E-state index >= 15 is 0 Å². The van der Waals surface area contributed by atoms with Crippen molar-refractivity contribution in [2.75, 3.05) is 25.0 Å². The molecule has 19 heavy (non-hydrogen) atoms. The van der Waals surface area contributed by atoms with Crippen molar-refractivity contribution >= 4 is 5.69 Å². The lowest BCUT2D eigenvalue weighted by Crippen LogP contribution is -2.53. The van der Waals surface area contributed by atoms with Crippen molar-refractivity contribution in [3.63, 3.8) is 0 Å². The van der Waals surface area contributed by atoms with E-state index in [0.29, 0.717) is 12.0 Å². The SMILES string of the molecule is FC(F)(F)c1ccc(NC2CN3CCC2CC3)cc1. The minimum absolute atomic E-state index is 0.374. The van der Waals surface area contributed by atoms with E-state index in [-0.39, 0.29) is 0 Å². The molecule has 0 aliphatic carbocycles. The first-order chi connectivity index (χ1) is 9.02. The number of halogens is 3. The highest BCUT2D eigenvalue weighted by molar-refractivity contribution is 5.46. The van der Waals surface area contributed by atoms with E-state index in [1.807, 2.05) is 0 Å². The lowest BCUT2D eigenvalue weighted by molar-refractivity contribution is -0.137. The molecule has 3 aliphatic rings. The molecule has 3 aliphatic heterocycles. The summed E-state index contributed by atoms with van der Waals surface area (Å²) >= 11 is 0. The van der Waals surface area contributed by atoms with Crippen molar-refractivity contribution in [1.82, 2.24) is 4.90 Å². The van der Waals surface area contributed by atoms with Gasteiger partial charge in [0.1, 0.15) is 0 Å². The average Bonchev–Trinajstić information content (AvgIpc) is 2.40. The quantitative estimate of drug-likeness (QED) is 0.887. The Morgan fingerprint density at radius 2 is 1.68 bits per heavy atom. The molecule has 0 amide bonds. The van der Waals surface area contributed by atoms with Crippen LogP contribution in [-0.2, 0) is 6.18 Å². The minimum Gasteiger partial charge on any atom is -0.381 e. The topological polar surface area (TPSA) is 15.3 Å². The van der Waals surface area contributed by atoms with E-state index in [9.17, 15) is 13.2 Å². The third-order valence-corrected chi connectivity index (χ3v) is 4.22. The van der Waals surface area contributed by atoms with E-state index in [1.54, 1.807) is 0 Å². The molecule has 104 valence electrons. The first-order valence-electron chi connectivity index (χ1n) is 6.68. The Labute approximate surface area is 110 Å². The Balaban J connectivity index is 1.67. The van der Waals surface area contributed by atoms with E-state index in [1.165, 1.54) is 25.0 Å². The largest absolute Gasteiger partial charge is 0.416 e. The lowest BCUT2D eigenvalue weighted by Gasteiger charge is -2.45. The van der Waals surface area contributed by atoms with Gasteiger partial charge in [-0.2, -0.15) is 13.2 Å². The van der Waals surface area contributed by atoms with Crippen LogP contribution in [0.2, 0.25) is 0 Å². The minimum atomic E-state index is -4.26. The van der Waals surface area contributed by atoms with Gasteiger partial charge < -0.3 is 10.2 Å². The molecule has 1 N–H and O–H groups in total. The summed E-state index contributed by atoms with van der Waals surface area (Å²) in [5, 5.41) is 3.38. The van der Waals surface area contributed by atoms with Crippen molar-refractivity contribution in [2.24, 2.45) is 5.92 Å². The standard InChI is InChI=1S/C14H17F3N2/c15-14(16,17)11-1-3-12(4-2-11)18-13-9-19-7-5-10(13)6-8-19/h1-4,10,13,18H,5-9H2. The monoisotopic (exact) mass is 270 g/mol. The van der Waals surface area contributed by atoms with E-state index in [4.69, 9.17) is 0 Å². The zero-order valence-corrected chi connectivity index (χ0v) is 10.6. The third-order valence-electron chi connectivity index (χ3n) is 4.22. The fourth-order valence-corrected chi connectivity index (χ4v) is 3.10. The summed E-state index contributed by atoms with van der Waals surface area (Å²) in [5.41, 5.74) is 0.193. The van der Waals surface area contributed by atoms with Crippen LogP contribution < -0.4 is 5.32 Å². The normalized spacial score (nSPS) is 30.4.